The zero-order valence-corrected chi connectivity index (χ0v) is 28.6. The molecule has 0 bridgehead atoms. The summed E-state index contributed by atoms with van der Waals surface area (Å²) in [5.41, 5.74) is 5.54. The van der Waals surface area contributed by atoms with E-state index in [0.717, 1.165) is 22.3 Å². The second-order valence-corrected chi connectivity index (χ2v) is 10.7. The number of benzene rings is 4. The van der Waals surface area contributed by atoms with Gasteiger partial charge in [0.1, 0.15) is 36.3 Å². The minimum atomic E-state index is -1.15. The van der Waals surface area contributed by atoms with Crippen molar-refractivity contribution in [3.8, 4) is 28.7 Å². The number of rotatable bonds is 8. The predicted molar refractivity (Wildman–Crippen MR) is 182 cm³/mol. The van der Waals surface area contributed by atoms with Gasteiger partial charge >= 0.3 is 5.97 Å². The Morgan fingerprint density at radius 3 is 2.19 bits per heavy atom. The number of carbonyl (C=O) groups is 1. The third-order valence-corrected chi connectivity index (χ3v) is 7.05. The molecule has 0 aliphatic rings. The first-order valence-electron chi connectivity index (χ1n) is 14.6. The molecular weight excluding hydrogens is 623 g/mol. The third kappa shape index (κ3) is 9.02. The molecule has 4 aromatic carbocycles. The number of aromatic carboxylic acids is 1. The Labute approximate surface area is 298 Å². The van der Waals surface area contributed by atoms with Gasteiger partial charge in [-0.25, -0.2) is 18.6 Å². The maximum absolute atomic E-state index is 13.5. The van der Waals surface area contributed by atoms with Crippen LogP contribution in [0.3, 0.4) is 0 Å². The van der Waals surface area contributed by atoms with Gasteiger partial charge in [-0.3, -0.25) is 4.98 Å². The number of aromatic nitrogens is 2. The molecule has 6 rings (SSSR count). The Morgan fingerprint density at radius 2 is 1.52 bits per heavy atom. The molecule has 0 aliphatic carbocycles. The molecule has 7 nitrogen and oxygen atoms in total. The molecule has 1 N–H and O–H groups in total. The second kappa shape index (κ2) is 16.6. The smallest absolute Gasteiger partial charge is 0.354 e. The van der Waals surface area contributed by atoms with E-state index < -0.39 is 11.8 Å². The molecule has 1 radical (unpaired) electrons. The van der Waals surface area contributed by atoms with Crippen LogP contribution in [0, 0.1) is 23.0 Å². The van der Waals surface area contributed by atoms with Gasteiger partial charge in [-0.15, -0.1) is 0 Å². The maximum atomic E-state index is 13.5. The number of hydrogen-bond acceptors (Lipinski definition) is 6. The summed E-state index contributed by atoms with van der Waals surface area (Å²) in [6.07, 6.45) is 3.50. The normalized spacial score (nSPS) is 10.2. The first kappa shape index (κ1) is 35.7. The molecule has 10 heteroatoms. The number of ether oxygens (including phenoxy) is 2. The fraction of sp³-hybridized carbons (Fsp3) is 0.105. The van der Waals surface area contributed by atoms with Crippen molar-refractivity contribution in [1.29, 1.82) is 5.26 Å². The van der Waals surface area contributed by atoms with E-state index in [9.17, 15) is 18.8 Å². The van der Waals surface area contributed by atoms with Gasteiger partial charge < -0.3 is 14.6 Å². The van der Waals surface area contributed by atoms with E-state index in [0.29, 0.717) is 45.5 Å². The van der Waals surface area contributed by atoms with E-state index >= 15 is 0 Å². The molecular formula is C38H29F2N3NaO4. The van der Waals surface area contributed by atoms with Crippen molar-refractivity contribution in [2.45, 2.75) is 20.5 Å². The number of fused-ring (bicyclic) bond motifs is 2. The number of allylic oxidation sites excluding steroid dienone is 1. The molecule has 2 aromatic heterocycles. The van der Waals surface area contributed by atoms with E-state index in [-0.39, 0.29) is 47.7 Å². The van der Waals surface area contributed by atoms with Crippen LogP contribution in [0.25, 0.3) is 32.9 Å². The fourth-order valence-electron chi connectivity index (χ4n) is 4.69. The summed E-state index contributed by atoms with van der Waals surface area (Å²) in [5, 5.41) is 19.4. The maximum Gasteiger partial charge on any atom is 0.354 e. The molecule has 6 aromatic rings. The topological polar surface area (TPSA) is 105 Å². The predicted octanol–water partition coefficient (Wildman–Crippen LogP) is 8.53. The van der Waals surface area contributed by atoms with Crippen LogP contribution in [0.2, 0.25) is 0 Å². The zero-order valence-electron chi connectivity index (χ0n) is 26.6. The van der Waals surface area contributed by atoms with Crippen molar-refractivity contribution in [3.63, 3.8) is 0 Å². The number of hydrogen-bond donors (Lipinski definition) is 1. The number of nitriles is 1. The molecule has 0 fully saturated rings. The summed E-state index contributed by atoms with van der Waals surface area (Å²) in [5.74, 6) is -0.985. The van der Waals surface area contributed by atoms with Crippen molar-refractivity contribution in [2.75, 3.05) is 6.61 Å². The van der Waals surface area contributed by atoms with E-state index in [1.165, 1.54) is 36.4 Å². The Kier molecular flexibility index (Phi) is 12.4. The van der Waals surface area contributed by atoms with Gasteiger partial charge in [-0.05, 0) is 85.1 Å². The summed E-state index contributed by atoms with van der Waals surface area (Å²) in [6.45, 7) is 4.50. The van der Waals surface area contributed by atoms with Crippen molar-refractivity contribution >= 4 is 57.3 Å². The van der Waals surface area contributed by atoms with Gasteiger partial charge in [0.05, 0.1) is 22.7 Å². The van der Waals surface area contributed by atoms with Gasteiger partial charge in [-0.2, -0.15) is 5.26 Å². The van der Waals surface area contributed by atoms with Crippen LogP contribution in [0.1, 0.15) is 35.5 Å². The molecule has 0 saturated carbocycles. The second-order valence-electron chi connectivity index (χ2n) is 10.7. The molecule has 0 spiro atoms. The molecule has 0 unspecified atom stereocenters. The van der Waals surface area contributed by atoms with Crippen LogP contribution >= 0.6 is 0 Å². The number of carboxylic acids is 1. The van der Waals surface area contributed by atoms with Gasteiger partial charge in [0.15, 0.2) is 5.69 Å². The average molecular weight is 653 g/mol. The first-order valence-corrected chi connectivity index (χ1v) is 14.6. The molecule has 0 saturated heterocycles. The Bertz CT molecular complexity index is 2140. The summed E-state index contributed by atoms with van der Waals surface area (Å²) < 4.78 is 38.3. The van der Waals surface area contributed by atoms with E-state index in [1.54, 1.807) is 24.4 Å². The van der Waals surface area contributed by atoms with E-state index in [1.807, 2.05) is 62.4 Å². The molecule has 0 atom stereocenters. The number of halogens is 2. The fourth-order valence-corrected chi connectivity index (χ4v) is 4.69. The van der Waals surface area contributed by atoms with Gasteiger partial charge in [-0.1, -0.05) is 48.0 Å². The monoisotopic (exact) mass is 652 g/mol. The van der Waals surface area contributed by atoms with E-state index in [2.05, 4.69) is 16.0 Å². The summed E-state index contributed by atoms with van der Waals surface area (Å²) in [7, 11) is 0. The van der Waals surface area contributed by atoms with Gasteiger partial charge in [0.25, 0.3) is 0 Å². The molecule has 0 aliphatic heterocycles. The van der Waals surface area contributed by atoms with E-state index in [4.69, 9.17) is 14.6 Å². The minimum Gasteiger partial charge on any atom is -0.489 e. The number of pyridine rings is 2. The van der Waals surface area contributed by atoms with Crippen molar-refractivity contribution < 1.29 is 28.2 Å². The number of carboxylic acid groups (broad SMARTS) is 1. The molecule has 48 heavy (non-hydrogen) atoms. The summed E-state index contributed by atoms with van der Waals surface area (Å²) in [4.78, 5) is 19.2. The first-order chi connectivity index (χ1) is 22.7. The van der Waals surface area contributed by atoms with Crippen LogP contribution in [0.5, 0.6) is 11.5 Å². The van der Waals surface area contributed by atoms with Crippen LogP contribution in [-0.4, -0.2) is 57.2 Å². The number of nitrogens with zero attached hydrogens (tertiary/aromatic N) is 3. The zero-order chi connectivity index (χ0) is 33.3. The Balaban J connectivity index is 0.000000222. The van der Waals surface area contributed by atoms with Gasteiger partial charge in [0.2, 0.25) is 0 Å². The Hall–Kier alpha value is -5.14. The van der Waals surface area contributed by atoms with Crippen molar-refractivity contribution in [3.05, 3.63) is 143 Å². The van der Waals surface area contributed by atoms with Crippen molar-refractivity contribution in [1.82, 2.24) is 9.97 Å². The average Bonchev–Trinajstić information content (AvgIpc) is 3.07. The molecule has 235 valence electrons. The SMILES string of the molecule is CC(C)=CCOc1cc(C(=O)O)nc2ccc(F)cc12.N#Cc1ccccc1-c1ccc(COc2ccnc3ccc(F)cc23)cc1.[Na]. The Morgan fingerprint density at radius 1 is 0.854 bits per heavy atom. The van der Waals surface area contributed by atoms with Crippen LogP contribution in [-0.2, 0) is 6.61 Å². The largest absolute Gasteiger partial charge is 0.489 e. The van der Waals surface area contributed by atoms with Crippen LogP contribution in [0.4, 0.5) is 8.78 Å². The summed E-state index contributed by atoms with van der Waals surface area (Å²) in [6, 6.07) is 29.1. The van der Waals surface area contributed by atoms with Crippen molar-refractivity contribution in [2.24, 2.45) is 0 Å². The third-order valence-electron chi connectivity index (χ3n) is 7.05. The molecule has 2 heterocycles. The minimum absolute atomic E-state index is 0. The van der Waals surface area contributed by atoms with Crippen LogP contribution in [0.15, 0.2) is 115 Å². The standard InChI is InChI=1S/C23H15FN2O.C15H14FNO3.Na/c24-19-9-10-22-21(13-19)23(11-12-26-22)27-15-16-5-7-17(8-6-16)20-4-2-1-3-18(20)14-25;1-9(2)5-6-20-14-8-13(15(18)19)17-12-4-3-10(16)7-11(12)14;/h1-13H,15H2;3-5,7-8H,6H2,1-2H3,(H,18,19);. The quantitative estimate of drug-likeness (QED) is 0.130. The summed E-state index contributed by atoms with van der Waals surface area (Å²) >= 11 is 0. The molecule has 0 amide bonds. The van der Waals surface area contributed by atoms with Crippen LogP contribution < -0.4 is 9.47 Å². The van der Waals surface area contributed by atoms with Gasteiger partial charge in [0, 0.05) is 52.6 Å².